The average molecular weight is 532 g/mol. The molecule has 0 radical (unpaired) electrons. The first-order valence-corrected chi connectivity index (χ1v) is 10.3. The molecule has 1 atom stereocenters. The number of hydrogen-bond acceptors (Lipinski definition) is 4. The van der Waals surface area contributed by atoms with Gasteiger partial charge in [0.25, 0.3) is 0 Å². The predicted octanol–water partition coefficient (Wildman–Crippen LogP) is 3.50. The number of nitrogens with one attached hydrogen (secondary N) is 1. The molecule has 0 bridgehead atoms. The van der Waals surface area contributed by atoms with Gasteiger partial charge in [0.05, 0.1) is 13.2 Å². The third-order valence-electron chi connectivity index (χ3n) is 5.29. The highest BCUT2D eigenvalue weighted by molar-refractivity contribution is 14.0. The van der Waals surface area contributed by atoms with Gasteiger partial charge in [-0.05, 0) is 23.6 Å². The van der Waals surface area contributed by atoms with E-state index < -0.39 is 0 Å². The van der Waals surface area contributed by atoms with Gasteiger partial charge in [0.1, 0.15) is 12.1 Å². The van der Waals surface area contributed by atoms with Crippen molar-refractivity contribution in [3.05, 3.63) is 78.5 Å². The van der Waals surface area contributed by atoms with E-state index in [1.165, 1.54) is 5.56 Å². The number of guanidine groups is 1. The van der Waals surface area contributed by atoms with E-state index in [-0.39, 0.29) is 24.0 Å². The molecule has 1 aliphatic heterocycles. The standard InChI is InChI=1S/C23H28N6O.HI/c1-24-23(27-14-20-7-8-22(26-13-20)29-12-10-25-18-29)28-11-9-21(15-28)17-30-16-19-5-3-2-4-6-19;/h2-8,10,12-13,18,21H,9,11,14-17H2,1H3,(H,24,27);1H. The molecule has 1 aromatic carbocycles. The minimum absolute atomic E-state index is 0. The molecule has 1 saturated heterocycles. The maximum atomic E-state index is 5.93. The number of benzene rings is 1. The van der Waals surface area contributed by atoms with Crippen LogP contribution in [0.5, 0.6) is 0 Å². The average Bonchev–Trinajstić information content (AvgIpc) is 3.48. The molecule has 1 N–H and O–H groups in total. The highest BCUT2D eigenvalue weighted by Gasteiger charge is 2.24. The van der Waals surface area contributed by atoms with Gasteiger partial charge in [-0.1, -0.05) is 36.4 Å². The summed E-state index contributed by atoms with van der Waals surface area (Å²) in [7, 11) is 1.84. The Balaban J connectivity index is 0.00000272. The Bertz CT molecular complexity index is 930. The zero-order valence-corrected chi connectivity index (χ0v) is 20.1. The highest BCUT2D eigenvalue weighted by atomic mass is 127. The van der Waals surface area contributed by atoms with Crippen LogP contribution in [0.3, 0.4) is 0 Å². The Hall–Kier alpha value is -2.46. The van der Waals surface area contributed by atoms with Crippen LogP contribution in [-0.2, 0) is 17.9 Å². The Morgan fingerprint density at radius 2 is 2.06 bits per heavy atom. The topological polar surface area (TPSA) is 67.6 Å². The number of imidazole rings is 1. The normalized spacial score (nSPS) is 16.2. The van der Waals surface area contributed by atoms with Crippen LogP contribution in [0, 0.1) is 5.92 Å². The van der Waals surface area contributed by atoms with E-state index in [2.05, 4.69) is 43.4 Å². The van der Waals surface area contributed by atoms with E-state index >= 15 is 0 Å². The predicted molar refractivity (Wildman–Crippen MR) is 133 cm³/mol. The van der Waals surface area contributed by atoms with Crippen molar-refractivity contribution < 1.29 is 4.74 Å². The molecular weight excluding hydrogens is 503 g/mol. The van der Waals surface area contributed by atoms with Crippen molar-refractivity contribution in [2.45, 2.75) is 19.6 Å². The van der Waals surface area contributed by atoms with Crippen LogP contribution in [0.15, 0.2) is 72.4 Å². The number of ether oxygens (including phenoxy) is 1. The van der Waals surface area contributed by atoms with Crippen molar-refractivity contribution in [3.8, 4) is 5.82 Å². The number of hydrogen-bond donors (Lipinski definition) is 1. The van der Waals surface area contributed by atoms with Crippen LogP contribution in [0.4, 0.5) is 0 Å². The lowest BCUT2D eigenvalue weighted by atomic mass is 10.1. The number of aromatic nitrogens is 3. The molecule has 4 rings (SSSR count). The van der Waals surface area contributed by atoms with Gasteiger partial charge < -0.3 is 15.0 Å². The Morgan fingerprint density at radius 1 is 1.19 bits per heavy atom. The van der Waals surface area contributed by atoms with Gasteiger partial charge in [-0.2, -0.15) is 0 Å². The van der Waals surface area contributed by atoms with Crippen LogP contribution in [-0.4, -0.2) is 52.1 Å². The Kier molecular flexibility index (Phi) is 8.84. The summed E-state index contributed by atoms with van der Waals surface area (Å²) in [5.74, 6) is 2.32. The van der Waals surface area contributed by atoms with Crippen LogP contribution < -0.4 is 5.32 Å². The molecule has 2 aromatic heterocycles. The van der Waals surface area contributed by atoms with Gasteiger partial charge in [0, 0.05) is 51.2 Å². The molecule has 0 saturated carbocycles. The maximum Gasteiger partial charge on any atom is 0.193 e. The molecule has 164 valence electrons. The van der Waals surface area contributed by atoms with Gasteiger partial charge in [-0.3, -0.25) is 9.56 Å². The SMILES string of the molecule is CN=C(NCc1ccc(-n2ccnc2)nc1)N1CCC(COCc2ccccc2)C1.I. The molecule has 7 nitrogen and oxygen atoms in total. The third kappa shape index (κ3) is 6.51. The smallest absolute Gasteiger partial charge is 0.193 e. The third-order valence-corrected chi connectivity index (χ3v) is 5.29. The molecular formula is C23H29IN6O. The van der Waals surface area contributed by atoms with E-state index in [9.17, 15) is 0 Å². The lowest BCUT2D eigenvalue weighted by Gasteiger charge is -2.21. The number of aliphatic imine (C=N–C) groups is 1. The summed E-state index contributed by atoms with van der Waals surface area (Å²) in [6, 6.07) is 14.4. The molecule has 0 amide bonds. The molecule has 0 spiro atoms. The summed E-state index contributed by atoms with van der Waals surface area (Å²) in [5.41, 5.74) is 2.33. The van der Waals surface area contributed by atoms with E-state index in [0.717, 1.165) is 43.5 Å². The van der Waals surface area contributed by atoms with Gasteiger partial charge in [0.2, 0.25) is 0 Å². The summed E-state index contributed by atoms with van der Waals surface area (Å²) in [6.07, 6.45) is 8.39. The summed E-state index contributed by atoms with van der Waals surface area (Å²) in [4.78, 5) is 15.3. The first kappa shape index (κ1) is 23.2. The summed E-state index contributed by atoms with van der Waals surface area (Å²) >= 11 is 0. The number of pyridine rings is 1. The van der Waals surface area contributed by atoms with Crippen molar-refractivity contribution in [3.63, 3.8) is 0 Å². The second kappa shape index (κ2) is 11.8. The summed E-state index contributed by atoms with van der Waals surface area (Å²) in [5, 5.41) is 3.46. The molecule has 31 heavy (non-hydrogen) atoms. The van der Waals surface area contributed by atoms with E-state index in [1.54, 1.807) is 12.5 Å². The molecule has 3 aromatic rings. The number of rotatable bonds is 7. The number of likely N-dealkylation sites (tertiary alicyclic amines) is 1. The van der Waals surface area contributed by atoms with Gasteiger partial charge in [-0.25, -0.2) is 9.97 Å². The lowest BCUT2D eigenvalue weighted by molar-refractivity contribution is 0.0906. The molecule has 1 unspecified atom stereocenters. The Morgan fingerprint density at radius 3 is 2.77 bits per heavy atom. The second-order valence-electron chi connectivity index (χ2n) is 7.50. The first-order valence-electron chi connectivity index (χ1n) is 10.3. The van der Waals surface area contributed by atoms with Crippen molar-refractivity contribution in [2.24, 2.45) is 10.9 Å². The zero-order chi connectivity index (χ0) is 20.6. The Labute approximate surface area is 200 Å². The molecule has 8 heteroatoms. The fourth-order valence-corrected chi connectivity index (χ4v) is 3.66. The molecule has 1 fully saturated rings. The fourth-order valence-electron chi connectivity index (χ4n) is 3.66. The van der Waals surface area contributed by atoms with Crippen molar-refractivity contribution in [1.82, 2.24) is 24.8 Å². The zero-order valence-electron chi connectivity index (χ0n) is 17.7. The van der Waals surface area contributed by atoms with Crippen LogP contribution >= 0.6 is 24.0 Å². The monoisotopic (exact) mass is 532 g/mol. The van der Waals surface area contributed by atoms with E-state index in [4.69, 9.17) is 4.74 Å². The lowest BCUT2D eigenvalue weighted by Crippen LogP contribution is -2.39. The first-order chi connectivity index (χ1) is 14.8. The number of nitrogens with zero attached hydrogens (tertiary/aromatic N) is 5. The minimum atomic E-state index is 0. The van der Waals surface area contributed by atoms with Crippen molar-refractivity contribution in [2.75, 3.05) is 26.7 Å². The van der Waals surface area contributed by atoms with Gasteiger partial charge in [0.15, 0.2) is 5.96 Å². The fraction of sp³-hybridized carbons (Fsp3) is 0.348. The number of halogens is 1. The van der Waals surface area contributed by atoms with E-state index in [0.29, 0.717) is 19.1 Å². The minimum Gasteiger partial charge on any atom is -0.376 e. The molecule has 0 aliphatic carbocycles. The van der Waals surface area contributed by atoms with Gasteiger partial charge in [-0.15, -0.1) is 24.0 Å². The van der Waals surface area contributed by atoms with Crippen LogP contribution in [0.2, 0.25) is 0 Å². The quantitative estimate of drug-likeness (QED) is 0.287. The summed E-state index contributed by atoms with van der Waals surface area (Å²) < 4.78 is 7.82. The van der Waals surface area contributed by atoms with Crippen LogP contribution in [0.1, 0.15) is 17.5 Å². The molecule has 3 heterocycles. The summed E-state index contributed by atoms with van der Waals surface area (Å²) in [6.45, 7) is 4.10. The maximum absolute atomic E-state index is 5.93. The van der Waals surface area contributed by atoms with Crippen LogP contribution in [0.25, 0.3) is 5.82 Å². The van der Waals surface area contributed by atoms with Crippen molar-refractivity contribution >= 4 is 29.9 Å². The largest absolute Gasteiger partial charge is 0.376 e. The van der Waals surface area contributed by atoms with Crippen molar-refractivity contribution in [1.29, 1.82) is 0 Å². The molecule has 1 aliphatic rings. The van der Waals surface area contributed by atoms with E-state index in [1.807, 2.05) is 48.3 Å². The van der Waals surface area contributed by atoms with Gasteiger partial charge >= 0.3 is 0 Å². The highest BCUT2D eigenvalue weighted by Crippen LogP contribution is 2.17. The second-order valence-corrected chi connectivity index (χ2v) is 7.50.